The van der Waals surface area contributed by atoms with Crippen LogP contribution in [0.4, 0.5) is 5.69 Å². The van der Waals surface area contributed by atoms with Crippen LogP contribution >= 0.6 is 11.6 Å². The van der Waals surface area contributed by atoms with Crippen molar-refractivity contribution in [3.63, 3.8) is 0 Å². The van der Waals surface area contributed by atoms with Gasteiger partial charge in [-0.2, -0.15) is 0 Å². The minimum absolute atomic E-state index is 0.434. The highest BCUT2D eigenvalue weighted by atomic mass is 35.5. The fraction of sp³-hybridized carbons (Fsp3) is 0. The van der Waals surface area contributed by atoms with E-state index in [2.05, 4.69) is 10.2 Å². The summed E-state index contributed by atoms with van der Waals surface area (Å²) in [4.78, 5) is 0. The number of nitrogens with zero attached hydrogens (tertiary/aromatic N) is 2. The van der Waals surface area contributed by atoms with Gasteiger partial charge in [0.05, 0.1) is 10.7 Å². The summed E-state index contributed by atoms with van der Waals surface area (Å²) < 4.78 is 4.99. The predicted molar refractivity (Wildman–Crippen MR) is 49.2 cm³/mol. The van der Waals surface area contributed by atoms with Gasteiger partial charge in [0, 0.05) is 5.56 Å². The average molecular weight is 196 g/mol. The van der Waals surface area contributed by atoms with Crippen LogP contribution in [0.25, 0.3) is 11.5 Å². The minimum Gasteiger partial charge on any atom is -0.423 e. The maximum absolute atomic E-state index is 5.75. The summed E-state index contributed by atoms with van der Waals surface area (Å²) in [6, 6.07) is 5.15. The summed E-state index contributed by atoms with van der Waals surface area (Å²) in [5, 5.41) is 7.82. The quantitative estimate of drug-likeness (QED) is 0.707. The third kappa shape index (κ3) is 1.48. The molecule has 0 fully saturated rings. The van der Waals surface area contributed by atoms with E-state index in [0.29, 0.717) is 16.6 Å². The van der Waals surface area contributed by atoms with Crippen LogP contribution in [0.5, 0.6) is 0 Å². The van der Waals surface area contributed by atoms with Crippen LogP contribution in [0.2, 0.25) is 5.02 Å². The van der Waals surface area contributed by atoms with Crippen LogP contribution in [0, 0.1) is 0 Å². The Morgan fingerprint density at radius 2 is 2.23 bits per heavy atom. The van der Waals surface area contributed by atoms with Gasteiger partial charge in [0.25, 0.3) is 0 Å². The molecule has 0 aliphatic heterocycles. The first-order valence-electron chi connectivity index (χ1n) is 3.59. The molecule has 2 aromatic rings. The summed E-state index contributed by atoms with van der Waals surface area (Å²) in [6.07, 6.45) is 1.26. The van der Waals surface area contributed by atoms with Crippen LogP contribution in [0.3, 0.4) is 0 Å². The Bertz CT molecular complexity index is 413. The van der Waals surface area contributed by atoms with Crippen LogP contribution in [0.1, 0.15) is 0 Å². The first-order valence-corrected chi connectivity index (χ1v) is 3.97. The lowest BCUT2D eigenvalue weighted by Gasteiger charge is -1.98. The molecule has 5 heteroatoms. The van der Waals surface area contributed by atoms with E-state index in [-0.39, 0.29) is 0 Å². The van der Waals surface area contributed by atoms with Gasteiger partial charge in [0.1, 0.15) is 0 Å². The number of anilines is 1. The third-order valence-electron chi connectivity index (χ3n) is 1.60. The van der Waals surface area contributed by atoms with Crippen molar-refractivity contribution in [3.8, 4) is 11.5 Å². The molecule has 0 bridgehead atoms. The summed E-state index contributed by atoms with van der Waals surface area (Å²) in [5.74, 6) is 0.434. The largest absolute Gasteiger partial charge is 0.423 e. The first kappa shape index (κ1) is 8.07. The van der Waals surface area contributed by atoms with Crippen molar-refractivity contribution in [1.82, 2.24) is 10.2 Å². The number of rotatable bonds is 1. The van der Waals surface area contributed by atoms with Gasteiger partial charge in [-0.1, -0.05) is 11.6 Å². The van der Waals surface area contributed by atoms with Crippen LogP contribution < -0.4 is 5.73 Å². The molecular weight excluding hydrogens is 190 g/mol. The minimum atomic E-state index is 0.434. The van der Waals surface area contributed by atoms with Crippen molar-refractivity contribution in [1.29, 1.82) is 0 Å². The van der Waals surface area contributed by atoms with E-state index in [9.17, 15) is 0 Å². The second-order valence-electron chi connectivity index (χ2n) is 2.48. The molecule has 0 atom stereocenters. The van der Waals surface area contributed by atoms with Gasteiger partial charge in [-0.25, -0.2) is 0 Å². The Morgan fingerprint density at radius 3 is 2.85 bits per heavy atom. The molecule has 0 radical (unpaired) electrons. The van der Waals surface area contributed by atoms with Crippen LogP contribution in [0.15, 0.2) is 29.0 Å². The Kier molecular flexibility index (Phi) is 1.90. The smallest absolute Gasteiger partial charge is 0.247 e. The second kappa shape index (κ2) is 3.06. The highest BCUT2D eigenvalue weighted by Crippen LogP contribution is 2.24. The monoisotopic (exact) mass is 195 g/mol. The van der Waals surface area contributed by atoms with Gasteiger partial charge in [-0.15, -0.1) is 10.2 Å². The maximum Gasteiger partial charge on any atom is 0.247 e. The van der Waals surface area contributed by atoms with E-state index in [1.807, 2.05) is 0 Å². The zero-order valence-electron chi connectivity index (χ0n) is 6.57. The number of hydrogen-bond donors (Lipinski definition) is 1. The highest BCUT2D eigenvalue weighted by Gasteiger charge is 2.04. The second-order valence-corrected chi connectivity index (χ2v) is 2.89. The Hall–Kier alpha value is -1.55. The zero-order chi connectivity index (χ0) is 9.26. The maximum atomic E-state index is 5.75. The fourth-order valence-corrected chi connectivity index (χ4v) is 1.09. The molecule has 0 aliphatic rings. The highest BCUT2D eigenvalue weighted by molar-refractivity contribution is 6.33. The van der Waals surface area contributed by atoms with Gasteiger partial charge in [-0.3, -0.25) is 0 Å². The van der Waals surface area contributed by atoms with Gasteiger partial charge in [0.15, 0.2) is 0 Å². The molecule has 4 nitrogen and oxygen atoms in total. The number of aromatic nitrogens is 2. The summed E-state index contributed by atoms with van der Waals surface area (Å²) >= 11 is 5.75. The van der Waals surface area contributed by atoms with E-state index in [1.54, 1.807) is 18.2 Å². The van der Waals surface area contributed by atoms with Crippen molar-refractivity contribution in [3.05, 3.63) is 29.6 Å². The lowest BCUT2D eigenvalue weighted by atomic mass is 10.2. The molecule has 13 heavy (non-hydrogen) atoms. The molecule has 0 aliphatic carbocycles. The van der Waals surface area contributed by atoms with Crippen LogP contribution in [-0.4, -0.2) is 10.2 Å². The van der Waals surface area contributed by atoms with E-state index < -0.39 is 0 Å². The molecule has 1 aromatic carbocycles. The van der Waals surface area contributed by atoms with E-state index in [0.717, 1.165) is 5.56 Å². The summed E-state index contributed by atoms with van der Waals surface area (Å²) in [5.41, 5.74) is 6.87. The SMILES string of the molecule is Nc1cc(-c2nnco2)ccc1Cl. The topological polar surface area (TPSA) is 64.9 Å². The Morgan fingerprint density at radius 1 is 1.38 bits per heavy atom. The molecule has 0 unspecified atom stereocenters. The lowest BCUT2D eigenvalue weighted by Crippen LogP contribution is -1.87. The van der Waals surface area contributed by atoms with Gasteiger partial charge >= 0.3 is 0 Å². The van der Waals surface area contributed by atoms with E-state index in [4.69, 9.17) is 21.8 Å². The average Bonchev–Trinajstić information content (AvgIpc) is 2.62. The molecule has 0 spiro atoms. The molecule has 2 N–H and O–H groups in total. The van der Waals surface area contributed by atoms with Gasteiger partial charge in [-0.05, 0) is 18.2 Å². The standard InChI is InChI=1S/C8H6ClN3O/c9-6-2-1-5(3-7(6)10)8-12-11-4-13-8/h1-4H,10H2. The zero-order valence-corrected chi connectivity index (χ0v) is 7.32. The third-order valence-corrected chi connectivity index (χ3v) is 1.95. The fourth-order valence-electron chi connectivity index (χ4n) is 0.976. The molecule has 1 aromatic heterocycles. The number of halogens is 1. The Balaban J connectivity index is 2.49. The Labute approximate surface area is 79.3 Å². The number of nitrogens with two attached hydrogens (primary N) is 1. The molecule has 2 rings (SSSR count). The summed E-state index contributed by atoms with van der Waals surface area (Å²) in [6.45, 7) is 0. The lowest BCUT2D eigenvalue weighted by molar-refractivity contribution is 0.568. The van der Waals surface area contributed by atoms with E-state index >= 15 is 0 Å². The molecule has 1 heterocycles. The van der Waals surface area contributed by atoms with Crippen molar-refractivity contribution in [2.24, 2.45) is 0 Å². The molecular formula is C8H6ClN3O. The van der Waals surface area contributed by atoms with Crippen molar-refractivity contribution < 1.29 is 4.42 Å². The molecule has 66 valence electrons. The van der Waals surface area contributed by atoms with Crippen molar-refractivity contribution in [2.75, 3.05) is 5.73 Å². The molecule has 0 saturated carbocycles. The summed E-state index contributed by atoms with van der Waals surface area (Å²) in [7, 11) is 0. The van der Waals surface area contributed by atoms with E-state index in [1.165, 1.54) is 6.39 Å². The number of hydrogen-bond acceptors (Lipinski definition) is 4. The molecule has 0 amide bonds. The predicted octanol–water partition coefficient (Wildman–Crippen LogP) is 1.97. The van der Waals surface area contributed by atoms with Crippen molar-refractivity contribution in [2.45, 2.75) is 0 Å². The van der Waals surface area contributed by atoms with Gasteiger partial charge in [0.2, 0.25) is 12.3 Å². The molecule has 0 saturated heterocycles. The van der Waals surface area contributed by atoms with Crippen LogP contribution in [-0.2, 0) is 0 Å². The number of benzene rings is 1. The normalized spacial score (nSPS) is 10.2. The number of nitrogen functional groups attached to an aromatic ring is 1. The van der Waals surface area contributed by atoms with Crippen molar-refractivity contribution >= 4 is 17.3 Å². The van der Waals surface area contributed by atoms with Gasteiger partial charge < -0.3 is 10.2 Å². The first-order chi connectivity index (χ1) is 6.27.